The molecule has 0 aliphatic rings. The van der Waals surface area contributed by atoms with Crippen LogP contribution in [0.4, 0.5) is 0 Å². The molecule has 6 heteroatoms. The van der Waals surface area contributed by atoms with E-state index in [4.69, 9.17) is 0 Å². The number of carbonyl (C=O) groups excluding carboxylic acids is 2. The molecule has 0 saturated carbocycles. The first-order chi connectivity index (χ1) is 9.35. The lowest BCUT2D eigenvalue weighted by atomic mass is 10.0. The lowest BCUT2D eigenvalue weighted by Gasteiger charge is -2.18. The van der Waals surface area contributed by atoms with Gasteiger partial charge in [0.2, 0.25) is 5.56 Å². The predicted octanol–water partition coefficient (Wildman–Crippen LogP) is 0.703. The number of esters is 1. The minimum absolute atomic E-state index is 0.201. The molecule has 20 heavy (non-hydrogen) atoms. The van der Waals surface area contributed by atoms with Crippen molar-refractivity contribution in [3.63, 3.8) is 0 Å². The van der Waals surface area contributed by atoms with Gasteiger partial charge in [0.25, 0.3) is 5.91 Å². The average Bonchev–Trinajstić information content (AvgIpc) is 2.39. The van der Waals surface area contributed by atoms with Gasteiger partial charge in [-0.3, -0.25) is 9.59 Å². The lowest BCUT2D eigenvalue weighted by molar-refractivity contribution is -0.143. The number of amides is 1. The SMILES string of the molecule is COC(=O)[C@@H](CC(C)C)NC(=O)c1ccc(=O)n(C)c1. The van der Waals surface area contributed by atoms with Crippen molar-refractivity contribution in [1.82, 2.24) is 9.88 Å². The first kappa shape index (κ1) is 15.9. The largest absolute Gasteiger partial charge is 0.467 e. The molecular weight excluding hydrogens is 260 g/mol. The summed E-state index contributed by atoms with van der Waals surface area (Å²) in [7, 11) is 2.85. The molecule has 0 unspecified atom stereocenters. The summed E-state index contributed by atoms with van der Waals surface area (Å²) in [6.45, 7) is 3.91. The third kappa shape index (κ3) is 4.22. The molecule has 1 aromatic heterocycles. The second-order valence-electron chi connectivity index (χ2n) is 5.05. The Hall–Kier alpha value is -2.11. The molecule has 110 valence electrons. The molecule has 1 N–H and O–H groups in total. The van der Waals surface area contributed by atoms with Gasteiger partial charge in [-0.15, -0.1) is 0 Å². The van der Waals surface area contributed by atoms with E-state index in [2.05, 4.69) is 10.1 Å². The maximum absolute atomic E-state index is 12.1. The van der Waals surface area contributed by atoms with Crippen LogP contribution >= 0.6 is 0 Å². The quantitative estimate of drug-likeness (QED) is 0.806. The van der Waals surface area contributed by atoms with Gasteiger partial charge in [-0.2, -0.15) is 0 Å². The number of ether oxygens (including phenoxy) is 1. The Morgan fingerprint density at radius 3 is 2.50 bits per heavy atom. The molecular formula is C14H20N2O4. The molecule has 0 aliphatic carbocycles. The summed E-state index contributed by atoms with van der Waals surface area (Å²) in [5.74, 6) is -0.645. The minimum atomic E-state index is -0.690. The number of nitrogens with zero attached hydrogens (tertiary/aromatic N) is 1. The molecule has 1 heterocycles. The molecule has 0 aliphatic heterocycles. The summed E-state index contributed by atoms with van der Waals surface area (Å²) >= 11 is 0. The highest BCUT2D eigenvalue weighted by atomic mass is 16.5. The van der Waals surface area contributed by atoms with E-state index < -0.39 is 17.9 Å². The normalized spacial score (nSPS) is 12.1. The van der Waals surface area contributed by atoms with Crippen LogP contribution in [0.1, 0.15) is 30.6 Å². The third-order valence-electron chi connectivity index (χ3n) is 2.85. The van der Waals surface area contributed by atoms with Gasteiger partial charge in [0.15, 0.2) is 0 Å². The van der Waals surface area contributed by atoms with Crippen LogP contribution in [0, 0.1) is 5.92 Å². The van der Waals surface area contributed by atoms with Crippen molar-refractivity contribution < 1.29 is 14.3 Å². The summed E-state index contributed by atoms with van der Waals surface area (Å²) < 4.78 is 5.99. The van der Waals surface area contributed by atoms with Gasteiger partial charge in [0.05, 0.1) is 12.7 Å². The van der Waals surface area contributed by atoms with Crippen LogP contribution in [-0.2, 0) is 16.6 Å². The molecule has 0 saturated heterocycles. The van der Waals surface area contributed by atoms with Gasteiger partial charge in [-0.05, 0) is 18.4 Å². The summed E-state index contributed by atoms with van der Waals surface area (Å²) in [6.07, 6.45) is 1.92. The molecule has 0 aromatic carbocycles. The van der Waals surface area contributed by atoms with E-state index in [1.165, 1.54) is 30.0 Å². The van der Waals surface area contributed by atoms with E-state index >= 15 is 0 Å². The van der Waals surface area contributed by atoms with Crippen LogP contribution in [0.15, 0.2) is 23.1 Å². The maximum atomic E-state index is 12.1. The smallest absolute Gasteiger partial charge is 0.328 e. The second-order valence-corrected chi connectivity index (χ2v) is 5.05. The number of hydrogen-bond donors (Lipinski definition) is 1. The fraction of sp³-hybridized carbons (Fsp3) is 0.500. The highest BCUT2D eigenvalue weighted by Crippen LogP contribution is 2.07. The van der Waals surface area contributed by atoms with E-state index in [0.717, 1.165) is 0 Å². The number of pyridine rings is 1. The maximum Gasteiger partial charge on any atom is 0.328 e. The Labute approximate surface area is 117 Å². The zero-order chi connectivity index (χ0) is 15.3. The topological polar surface area (TPSA) is 77.4 Å². The zero-order valence-corrected chi connectivity index (χ0v) is 12.2. The lowest BCUT2D eigenvalue weighted by Crippen LogP contribution is -2.42. The van der Waals surface area contributed by atoms with Gasteiger partial charge in [0.1, 0.15) is 6.04 Å². The summed E-state index contributed by atoms with van der Waals surface area (Å²) in [4.78, 5) is 35.0. The van der Waals surface area contributed by atoms with Crippen LogP contribution in [0.2, 0.25) is 0 Å². The van der Waals surface area contributed by atoms with E-state index in [1.807, 2.05) is 13.8 Å². The van der Waals surface area contributed by atoms with E-state index in [1.54, 1.807) is 7.05 Å². The van der Waals surface area contributed by atoms with E-state index in [0.29, 0.717) is 12.0 Å². The number of aryl methyl sites for hydroxylation is 1. The summed E-state index contributed by atoms with van der Waals surface area (Å²) in [5.41, 5.74) is 0.123. The van der Waals surface area contributed by atoms with Crippen molar-refractivity contribution >= 4 is 11.9 Å². The number of hydrogen-bond acceptors (Lipinski definition) is 4. The predicted molar refractivity (Wildman–Crippen MR) is 74.4 cm³/mol. The Kier molecular flexibility index (Phi) is 5.49. The van der Waals surface area contributed by atoms with Crippen LogP contribution in [0.25, 0.3) is 0 Å². The van der Waals surface area contributed by atoms with E-state index in [9.17, 15) is 14.4 Å². The first-order valence-electron chi connectivity index (χ1n) is 6.40. The molecule has 1 amide bonds. The van der Waals surface area contributed by atoms with Crippen molar-refractivity contribution in [1.29, 1.82) is 0 Å². The van der Waals surface area contributed by atoms with Gasteiger partial charge in [-0.25, -0.2) is 4.79 Å². The molecule has 0 bridgehead atoms. The molecule has 0 radical (unpaired) electrons. The van der Waals surface area contributed by atoms with Gasteiger partial charge < -0.3 is 14.6 Å². The first-order valence-corrected chi connectivity index (χ1v) is 6.40. The Bertz CT molecular complexity index is 548. The fourth-order valence-electron chi connectivity index (χ4n) is 1.80. The average molecular weight is 280 g/mol. The highest BCUT2D eigenvalue weighted by Gasteiger charge is 2.23. The molecule has 1 aromatic rings. The van der Waals surface area contributed by atoms with Crippen LogP contribution < -0.4 is 10.9 Å². The second kappa shape index (κ2) is 6.88. The summed E-state index contributed by atoms with van der Waals surface area (Å²) in [5, 5.41) is 2.63. The van der Waals surface area contributed by atoms with Crippen molar-refractivity contribution in [2.45, 2.75) is 26.3 Å². The van der Waals surface area contributed by atoms with Crippen molar-refractivity contribution in [3.05, 3.63) is 34.2 Å². The van der Waals surface area contributed by atoms with Crippen LogP contribution in [0.5, 0.6) is 0 Å². The number of aromatic nitrogens is 1. The van der Waals surface area contributed by atoms with Crippen LogP contribution in [0.3, 0.4) is 0 Å². The zero-order valence-electron chi connectivity index (χ0n) is 12.2. The third-order valence-corrected chi connectivity index (χ3v) is 2.85. The monoisotopic (exact) mass is 280 g/mol. The Morgan fingerprint density at radius 1 is 1.35 bits per heavy atom. The van der Waals surface area contributed by atoms with Gasteiger partial charge >= 0.3 is 5.97 Å². The van der Waals surface area contributed by atoms with Crippen molar-refractivity contribution in [2.75, 3.05) is 7.11 Å². The van der Waals surface area contributed by atoms with Crippen LogP contribution in [-0.4, -0.2) is 29.6 Å². The molecule has 1 rings (SSSR count). The molecule has 0 fully saturated rings. The Balaban J connectivity index is 2.86. The number of carbonyl (C=O) groups is 2. The number of methoxy groups -OCH3 is 1. The minimum Gasteiger partial charge on any atom is -0.467 e. The molecule has 6 nitrogen and oxygen atoms in total. The highest BCUT2D eigenvalue weighted by molar-refractivity contribution is 5.96. The van der Waals surface area contributed by atoms with Crippen molar-refractivity contribution in [3.8, 4) is 0 Å². The van der Waals surface area contributed by atoms with Crippen molar-refractivity contribution in [2.24, 2.45) is 13.0 Å². The summed E-state index contributed by atoms with van der Waals surface area (Å²) in [6, 6.07) is 2.05. The fourth-order valence-corrected chi connectivity index (χ4v) is 1.80. The molecule has 0 spiro atoms. The van der Waals surface area contributed by atoms with Gasteiger partial charge in [-0.1, -0.05) is 13.8 Å². The number of nitrogens with one attached hydrogen (secondary N) is 1. The Morgan fingerprint density at radius 2 is 2.00 bits per heavy atom. The molecule has 1 atom stereocenters. The standard InChI is InChI=1S/C14H20N2O4/c1-9(2)7-11(14(19)20-4)15-13(18)10-5-6-12(17)16(3)8-10/h5-6,8-9,11H,7H2,1-4H3,(H,15,18)/t11-/m1/s1. The van der Waals surface area contributed by atoms with E-state index in [-0.39, 0.29) is 11.5 Å². The van der Waals surface area contributed by atoms with Gasteiger partial charge in [0, 0.05) is 19.3 Å². The number of rotatable bonds is 5.